The summed E-state index contributed by atoms with van der Waals surface area (Å²) in [6.07, 6.45) is 22.5. The van der Waals surface area contributed by atoms with Crippen molar-refractivity contribution in [1.29, 1.82) is 0 Å². The molecule has 43 heavy (non-hydrogen) atoms. The van der Waals surface area contributed by atoms with E-state index in [0.29, 0.717) is 30.2 Å². The average molecular weight is 628 g/mol. The molecule has 1 atom stereocenters. The Labute approximate surface area is 262 Å². The summed E-state index contributed by atoms with van der Waals surface area (Å²) in [5, 5.41) is 11.8. The van der Waals surface area contributed by atoms with Crippen LogP contribution >= 0.6 is 7.82 Å². The number of hydrogen-bond acceptors (Lipinski definition) is 4. The van der Waals surface area contributed by atoms with Gasteiger partial charge in [0.1, 0.15) is 6.54 Å². The number of hydrogen-bond donors (Lipinski definition) is 4. The highest BCUT2D eigenvalue weighted by atomic mass is 31.2. The molecule has 1 unspecified atom stereocenters. The van der Waals surface area contributed by atoms with Gasteiger partial charge in [-0.2, -0.15) is 0 Å². The summed E-state index contributed by atoms with van der Waals surface area (Å²) >= 11 is 0. The van der Waals surface area contributed by atoms with Gasteiger partial charge < -0.3 is 24.7 Å². The van der Waals surface area contributed by atoms with Crippen LogP contribution in [-0.4, -0.2) is 65.3 Å². The Morgan fingerprint density at radius 2 is 1.21 bits per heavy atom. The van der Waals surface area contributed by atoms with E-state index in [1.54, 1.807) is 0 Å². The van der Waals surface area contributed by atoms with Crippen LogP contribution in [0.1, 0.15) is 134 Å². The zero-order chi connectivity index (χ0) is 31.9. The van der Waals surface area contributed by atoms with E-state index < -0.39 is 13.5 Å². The maximum atomic E-state index is 12.6. The van der Waals surface area contributed by atoms with Gasteiger partial charge in [0.15, 0.2) is 0 Å². The fraction of sp³-hybridized carbons (Fsp3) is 0.794. The monoisotopic (exact) mass is 627 g/mol. The fourth-order valence-corrected chi connectivity index (χ4v) is 6.50. The van der Waals surface area contributed by atoms with Crippen LogP contribution < -0.4 is 5.32 Å². The van der Waals surface area contributed by atoms with Crippen LogP contribution in [-0.2, 0) is 20.3 Å². The second-order valence-corrected chi connectivity index (χ2v) is 14.6. The third-order valence-electron chi connectivity index (χ3n) is 7.84. The van der Waals surface area contributed by atoms with Crippen molar-refractivity contribution in [1.82, 2.24) is 5.32 Å². The Morgan fingerprint density at radius 1 is 0.744 bits per heavy atom. The predicted molar refractivity (Wildman–Crippen MR) is 176 cm³/mol. The first-order chi connectivity index (χ1) is 20.4. The van der Waals surface area contributed by atoms with Crippen LogP contribution in [0.5, 0.6) is 0 Å². The minimum Gasteiger partial charge on any atom is -0.396 e. The molecule has 4 N–H and O–H groups in total. The molecule has 1 aromatic rings. The number of phosphoric acid groups is 1. The Bertz CT molecular complexity index is 873. The summed E-state index contributed by atoms with van der Waals surface area (Å²) in [4.78, 5) is 31.9. The third kappa shape index (κ3) is 23.7. The van der Waals surface area contributed by atoms with E-state index in [4.69, 9.17) is 9.63 Å². The van der Waals surface area contributed by atoms with Crippen molar-refractivity contribution >= 4 is 13.7 Å². The second-order valence-electron chi connectivity index (χ2n) is 13.4. The molecule has 0 fully saturated rings. The van der Waals surface area contributed by atoms with E-state index in [1.807, 2.05) is 21.1 Å². The number of phosphoric ester groups is 1. The Morgan fingerprint density at radius 3 is 1.65 bits per heavy atom. The van der Waals surface area contributed by atoms with Crippen molar-refractivity contribution in [2.24, 2.45) is 0 Å². The summed E-state index contributed by atoms with van der Waals surface area (Å²) in [6, 6.07) is 10.8. The van der Waals surface area contributed by atoms with Gasteiger partial charge in [-0.3, -0.25) is 9.32 Å². The van der Waals surface area contributed by atoms with Gasteiger partial charge in [-0.05, 0) is 37.7 Å². The Kier molecular flexibility index (Phi) is 21.4. The van der Waals surface area contributed by atoms with Gasteiger partial charge >= 0.3 is 7.82 Å². The molecule has 250 valence electrons. The molecule has 0 heterocycles. The standard InChI is InChI=1S/C34H63N2O6P/c1-36(2,3)31-34(42-43(39,40)41,35-33(38)28-22-24-30-37)29-23-17-15-13-11-9-7-5-4-6-8-10-12-14-16-19-25-32-26-20-18-21-27-32/h18,20-21,26-27,37H,4-17,19,22-25,28-31H2,1-3H3,(H2-,35,38,39,40,41)/p+1. The van der Waals surface area contributed by atoms with Gasteiger partial charge in [-0.1, -0.05) is 120 Å². The summed E-state index contributed by atoms with van der Waals surface area (Å²) in [5.41, 5.74) is 0.0237. The van der Waals surface area contributed by atoms with Crippen molar-refractivity contribution in [2.45, 2.75) is 141 Å². The van der Waals surface area contributed by atoms with E-state index in [2.05, 4.69) is 35.6 Å². The van der Waals surface area contributed by atoms with Gasteiger partial charge in [-0.15, -0.1) is 0 Å². The molecule has 9 heteroatoms. The number of nitrogens with one attached hydrogen (secondary N) is 1. The molecule has 0 aliphatic carbocycles. The number of rotatable bonds is 28. The number of aliphatic hydroxyl groups excluding tert-OH is 1. The number of aryl methyl sites for hydroxylation is 1. The predicted octanol–water partition coefficient (Wildman–Crippen LogP) is 7.65. The molecule has 1 amide bonds. The molecular formula is C34H64N2O6P+. The van der Waals surface area contributed by atoms with Gasteiger partial charge in [-0.25, -0.2) is 4.57 Å². The molecule has 0 aromatic heterocycles. The van der Waals surface area contributed by atoms with Crippen molar-refractivity contribution in [3.63, 3.8) is 0 Å². The highest BCUT2D eigenvalue weighted by molar-refractivity contribution is 7.46. The lowest BCUT2D eigenvalue weighted by atomic mass is 10.0. The van der Waals surface area contributed by atoms with Gasteiger partial charge in [0.05, 0.1) is 21.1 Å². The molecule has 0 bridgehead atoms. The molecule has 1 rings (SSSR count). The number of nitrogens with zero attached hydrogens (tertiary/aromatic N) is 1. The third-order valence-corrected chi connectivity index (χ3v) is 8.43. The van der Waals surface area contributed by atoms with Crippen molar-refractivity contribution < 1.29 is 33.3 Å². The normalized spacial score (nSPS) is 13.6. The fourth-order valence-electron chi connectivity index (χ4n) is 5.85. The number of aliphatic hydroxyl groups is 1. The number of quaternary nitrogens is 1. The molecule has 0 aliphatic heterocycles. The number of benzene rings is 1. The van der Waals surface area contributed by atoms with Crippen LogP contribution in [0.15, 0.2) is 30.3 Å². The molecular weight excluding hydrogens is 563 g/mol. The van der Waals surface area contributed by atoms with Crippen LogP contribution in [0.4, 0.5) is 0 Å². The van der Waals surface area contributed by atoms with Crippen LogP contribution in [0.3, 0.4) is 0 Å². The zero-order valence-corrected chi connectivity index (χ0v) is 28.5. The number of amides is 1. The molecule has 0 radical (unpaired) electrons. The smallest absolute Gasteiger partial charge is 0.396 e. The quantitative estimate of drug-likeness (QED) is 0.0328. The summed E-state index contributed by atoms with van der Waals surface area (Å²) in [5.74, 6) is -0.315. The highest BCUT2D eigenvalue weighted by Crippen LogP contribution is 2.43. The molecule has 0 spiro atoms. The molecule has 0 aliphatic rings. The van der Waals surface area contributed by atoms with Gasteiger partial charge in [0.25, 0.3) is 0 Å². The van der Waals surface area contributed by atoms with E-state index in [9.17, 15) is 19.1 Å². The second kappa shape index (κ2) is 23.1. The first kappa shape index (κ1) is 39.7. The number of likely N-dealkylation sites (N-methyl/N-ethyl adjacent to an activating group) is 1. The van der Waals surface area contributed by atoms with Crippen LogP contribution in [0, 0.1) is 0 Å². The number of carbonyl (C=O) groups is 1. The van der Waals surface area contributed by atoms with Crippen LogP contribution in [0.2, 0.25) is 0 Å². The first-order valence-electron chi connectivity index (χ1n) is 17.0. The lowest BCUT2D eigenvalue weighted by Crippen LogP contribution is -2.60. The number of unbranched alkanes of at least 4 members (excludes halogenated alkanes) is 16. The topological polar surface area (TPSA) is 116 Å². The SMILES string of the molecule is C[N+](C)(C)CC(CCCCCCCCCCCCCCCCCCc1ccccc1)(NC(=O)CCCCO)OP(=O)(O)O. The maximum absolute atomic E-state index is 12.6. The van der Waals surface area contributed by atoms with Crippen molar-refractivity contribution in [2.75, 3.05) is 34.3 Å². The summed E-state index contributed by atoms with van der Waals surface area (Å²) < 4.78 is 17.6. The minimum atomic E-state index is -4.83. The molecule has 0 saturated heterocycles. The largest absolute Gasteiger partial charge is 0.471 e. The van der Waals surface area contributed by atoms with Crippen LogP contribution in [0.25, 0.3) is 0 Å². The van der Waals surface area contributed by atoms with E-state index >= 15 is 0 Å². The first-order valence-corrected chi connectivity index (χ1v) is 18.5. The summed E-state index contributed by atoms with van der Waals surface area (Å²) in [7, 11) is 0.895. The van der Waals surface area contributed by atoms with Gasteiger partial charge in [0, 0.05) is 19.4 Å². The van der Waals surface area contributed by atoms with Crippen molar-refractivity contribution in [3.05, 3.63) is 35.9 Å². The molecule has 0 saturated carbocycles. The Balaban J connectivity index is 2.15. The van der Waals surface area contributed by atoms with Gasteiger partial charge in [0.2, 0.25) is 11.6 Å². The van der Waals surface area contributed by atoms with E-state index in [-0.39, 0.29) is 25.5 Å². The maximum Gasteiger partial charge on any atom is 0.471 e. The lowest BCUT2D eigenvalue weighted by Gasteiger charge is -2.39. The number of carbonyl (C=O) groups excluding carboxylic acids is 1. The highest BCUT2D eigenvalue weighted by Gasteiger charge is 2.43. The van der Waals surface area contributed by atoms with E-state index in [1.165, 1.54) is 89.0 Å². The molecule has 1 aromatic carbocycles. The van der Waals surface area contributed by atoms with Crippen molar-refractivity contribution in [3.8, 4) is 0 Å². The summed E-state index contributed by atoms with van der Waals surface area (Å²) in [6.45, 7) is 0.241. The lowest BCUT2D eigenvalue weighted by molar-refractivity contribution is -0.877. The molecule has 8 nitrogen and oxygen atoms in total. The average Bonchev–Trinajstić information content (AvgIpc) is 2.91. The Hall–Kier alpha value is -1.28. The zero-order valence-electron chi connectivity index (χ0n) is 27.6. The van der Waals surface area contributed by atoms with E-state index in [0.717, 1.165) is 19.3 Å². The minimum absolute atomic E-state index is 0.00671.